The minimum atomic E-state index is 0.517. The molecule has 0 aliphatic heterocycles. The van der Waals surface area contributed by atoms with Crippen LogP contribution in [0.4, 0.5) is 0 Å². The zero-order valence-corrected chi connectivity index (χ0v) is 12.1. The Morgan fingerprint density at radius 2 is 1.12 bits per heavy atom. The van der Waals surface area contributed by atoms with E-state index in [1.54, 1.807) is 0 Å². The lowest BCUT2D eigenvalue weighted by Crippen LogP contribution is -2.02. The Bertz CT molecular complexity index is 333. The molecule has 1 aromatic rings. The van der Waals surface area contributed by atoms with E-state index in [4.69, 9.17) is 12.6 Å². The van der Waals surface area contributed by atoms with Crippen molar-refractivity contribution in [3.63, 3.8) is 0 Å². The van der Waals surface area contributed by atoms with Crippen LogP contribution in [0.25, 0.3) is 0 Å². The predicted octanol–water partition coefficient (Wildman–Crippen LogP) is 4.96. The van der Waals surface area contributed by atoms with Crippen molar-refractivity contribution >= 4 is 12.6 Å². The van der Waals surface area contributed by atoms with Gasteiger partial charge in [0.25, 0.3) is 0 Å². The third kappa shape index (κ3) is 2.76. The summed E-state index contributed by atoms with van der Waals surface area (Å²) in [5, 5.41) is 0. The van der Waals surface area contributed by atoms with Gasteiger partial charge in [0.05, 0.1) is 0 Å². The van der Waals surface area contributed by atoms with Crippen LogP contribution in [0.15, 0.2) is 17.0 Å². The molecular formula is C15H23S-. The monoisotopic (exact) mass is 235 g/mol. The Balaban J connectivity index is 3.39. The summed E-state index contributed by atoms with van der Waals surface area (Å²) in [6.45, 7) is 13.4. The predicted molar refractivity (Wildman–Crippen MR) is 74.3 cm³/mol. The maximum Gasteiger partial charge on any atom is -0.0219 e. The van der Waals surface area contributed by atoms with Crippen molar-refractivity contribution in [1.29, 1.82) is 0 Å². The first-order valence-corrected chi connectivity index (χ1v) is 6.60. The van der Waals surface area contributed by atoms with Crippen molar-refractivity contribution in [2.45, 2.75) is 64.2 Å². The molecule has 0 aromatic heterocycles. The molecule has 1 heteroatoms. The number of rotatable bonds is 3. The highest BCUT2D eigenvalue weighted by atomic mass is 32.1. The number of benzene rings is 1. The van der Waals surface area contributed by atoms with Gasteiger partial charge in [-0.2, -0.15) is 4.90 Å². The quantitative estimate of drug-likeness (QED) is 0.667. The first-order valence-electron chi connectivity index (χ1n) is 6.19. The highest BCUT2D eigenvalue weighted by Crippen LogP contribution is 2.31. The van der Waals surface area contributed by atoms with Gasteiger partial charge in [0.2, 0.25) is 0 Å². The van der Waals surface area contributed by atoms with E-state index < -0.39 is 0 Å². The molecule has 0 amide bonds. The Morgan fingerprint density at radius 1 is 0.750 bits per heavy atom. The fourth-order valence-corrected chi connectivity index (χ4v) is 2.48. The topological polar surface area (TPSA) is 0 Å². The second-order valence-electron chi connectivity index (χ2n) is 5.49. The van der Waals surface area contributed by atoms with Crippen LogP contribution < -0.4 is 0 Å². The fraction of sp³-hybridized carbons (Fsp3) is 0.600. The molecule has 0 heterocycles. The third-order valence-electron chi connectivity index (χ3n) is 3.08. The maximum atomic E-state index is 5.59. The van der Waals surface area contributed by atoms with E-state index in [0.29, 0.717) is 17.8 Å². The van der Waals surface area contributed by atoms with Crippen LogP contribution in [-0.4, -0.2) is 0 Å². The molecule has 0 saturated heterocycles. The van der Waals surface area contributed by atoms with Gasteiger partial charge in [-0.15, -0.1) is 0 Å². The second-order valence-corrected chi connectivity index (χ2v) is 5.90. The molecule has 0 unspecified atom stereocenters. The van der Waals surface area contributed by atoms with E-state index >= 15 is 0 Å². The van der Waals surface area contributed by atoms with Crippen molar-refractivity contribution in [3.05, 3.63) is 28.8 Å². The van der Waals surface area contributed by atoms with E-state index in [1.165, 1.54) is 16.7 Å². The van der Waals surface area contributed by atoms with Crippen LogP contribution in [0.3, 0.4) is 0 Å². The summed E-state index contributed by atoms with van der Waals surface area (Å²) in [6.07, 6.45) is 0. The SMILES string of the molecule is CC(C)c1cc(C(C)C)c([S-])c(C(C)C)c1. The molecule has 16 heavy (non-hydrogen) atoms. The lowest BCUT2D eigenvalue weighted by Gasteiger charge is -2.26. The van der Waals surface area contributed by atoms with Crippen molar-refractivity contribution in [2.24, 2.45) is 0 Å². The standard InChI is InChI=1S/C15H24S/c1-9(2)12-7-13(10(3)4)15(16)14(8-12)11(5)6/h7-11,16H,1-6H3/p-1. The summed E-state index contributed by atoms with van der Waals surface area (Å²) < 4.78 is 0. The maximum absolute atomic E-state index is 5.59. The molecule has 0 N–H and O–H groups in total. The summed E-state index contributed by atoms with van der Waals surface area (Å²) >= 11 is 5.59. The molecule has 0 bridgehead atoms. The van der Waals surface area contributed by atoms with Gasteiger partial charge in [-0.05, 0) is 23.3 Å². The van der Waals surface area contributed by atoms with E-state index in [9.17, 15) is 0 Å². The largest absolute Gasteiger partial charge is 0.779 e. The van der Waals surface area contributed by atoms with Crippen molar-refractivity contribution in [2.75, 3.05) is 0 Å². The van der Waals surface area contributed by atoms with Gasteiger partial charge in [-0.3, -0.25) is 0 Å². The molecule has 0 fully saturated rings. The first kappa shape index (κ1) is 13.5. The minimum absolute atomic E-state index is 0.517. The van der Waals surface area contributed by atoms with Gasteiger partial charge in [0.15, 0.2) is 0 Å². The van der Waals surface area contributed by atoms with Crippen LogP contribution in [0, 0.1) is 0 Å². The minimum Gasteiger partial charge on any atom is -0.779 e. The number of hydrogen-bond donors (Lipinski definition) is 0. The van der Waals surface area contributed by atoms with E-state index in [-0.39, 0.29) is 0 Å². The molecule has 0 atom stereocenters. The molecule has 0 aliphatic rings. The van der Waals surface area contributed by atoms with Crippen LogP contribution in [0.5, 0.6) is 0 Å². The van der Waals surface area contributed by atoms with E-state index in [2.05, 4.69) is 53.7 Å². The normalized spacial score (nSPS) is 11.8. The molecule has 90 valence electrons. The summed E-state index contributed by atoms with van der Waals surface area (Å²) in [5.41, 5.74) is 4.09. The Labute approximate surface area is 106 Å². The van der Waals surface area contributed by atoms with Crippen LogP contribution in [-0.2, 0) is 12.6 Å². The molecular weight excluding hydrogens is 212 g/mol. The zero-order chi connectivity index (χ0) is 12.5. The Kier molecular flexibility index (Phi) is 4.37. The lowest BCUT2D eigenvalue weighted by molar-refractivity contribution is 0.773. The van der Waals surface area contributed by atoms with E-state index in [1.807, 2.05) is 0 Å². The molecule has 0 aliphatic carbocycles. The second kappa shape index (κ2) is 5.18. The Morgan fingerprint density at radius 3 is 1.38 bits per heavy atom. The summed E-state index contributed by atoms with van der Waals surface area (Å²) in [6, 6.07) is 4.59. The van der Waals surface area contributed by atoms with Crippen LogP contribution in [0.2, 0.25) is 0 Å². The first-order chi connectivity index (χ1) is 7.34. The van der Waals surface area contributed by atoms with Gasteiger partial charge in [0.1, 0.15) is 0 Å². The average molecular weight is 235 g/mol. The molecule has 1 rings (SSSR count). The zero-order valence-electron chi connectivity index (χ0n) is 11.3. The average Bonchev–Trinajstić information content (AvgIpc) is 2.16. The van der Waals surface area contributed by atoms with Gasteiger partial charge < -0.3 is 12.6 Å². The van der Waals surface area contributed by atoms with E-state index in [0.717, 1.165) is 4.90 Å². The summed E-state index contributed by atoms with van der Waals surface area (Å²) in [4.78, 5) is 1.08. The van der Waals surface area contributed by atoms with Crippen molar-refractivity contribution in [1.82, 2.24) is 0 Å². The fourth-order valence-electron chi connectivity index (χ4n) is 1.89. The molecule has 0 spiro atoms. The highest BCUT2D eigenvalue weighted by molar-refractivity contribution is 7.59. The molecule has 0 radical (unpaired) electrons. The molecule has 0 nitrogen and oxygen atoms in total. The lowest BCUT2D eigenvalue weighted by atomic mass is 9.89. The Hall–Kier alpha value is -0.560. The van der Waals surface area contributed by atoms with Gasteiger partial charge in [-0.25, -0.2) is 0 Å². The van der Waals surface area contributed by atoms with Gasteiger partial charge in [0, 0.05) is 0 Å². The van der Waals surface area contributed by atoms with Gasteiger partial charge >= 0.3 is 0 Å². The van der Waals surface area contributed by atoms with Crippen LogP contribution in [0.1, 0.15) is 76.0 Å². The highest BCUT2D eigenvalue weighted by Gasteiger charge is 2.10. The smallest absolute Gasteiger partial charge is 0.0219 e. The molecule has 0 saturated carbocycles. The van der Waals surface area contributed by atoms with Crippen molar-refractivity contribution in [3.8, 4) is 0 Å². The van der Waals surface area contributed by atoms with Crippen molar-refractivity contribution < 1.29 is 0 Å². The number of hydrogen-bond acceptors (Lipinski definition) is 1. The summed E-state index contributed by atoms with van der Waals surface area (Å²) in [5.74, 6) is 1.61. The third-order valence-corrected chi connectivity index (χ3v) is 3.55. The van der Waals surface area contributed by atoms with Gasteiger partial charge in [-0.1, -0.05) is 64.8 Å². The molecule has 1 aromatic carbocycles. The van der Waals surface area contributed by atoms with Crippen LogP contribution >= 0.6 is 0 Å². The summed E-state index contributed by atoms with van der Waals surface area (Å²) in [7, 11) is 0.